The summed E-state index contributed by atoms with van der Waals surface area (Å²) in [5, 5.41) is 8.73. The lowest BCUT2D eigenvalue weighted by molar-refractivity contribution is -0.307. The number of hydrogen-bond acceptors (Lipinski definition) is 2. The quantitative estimate of drug-likeness (QED) is 0.552. The van der Waals surface area contributed by atoms with E-state index in [1.807, 2.05) is 6.92 Å². The molecule has 0 aliphatic heterocycles. The molecular formula is C7H16NO2+. The Labute approximate surface area is 61.2 Å². The Morgan fingerprint density at radius 2 is 2.30 bits per heavy atom. The molecule has 0 aliphatic carbocycles. The molecule has 0 spiro atoms. The Morgan fingerprint density at radius 3 is 2.60 bits per heavy atom. The van der Waals surface area contributed by atoms with Crippen LogP contribution in [0.2, 0.25) is 0 Å². The highest BCUT2D eigenvalue weighted by atomic mass is 16.3. The Bertz CT molecular complexity index is 104. The van der Waals surface area contributed by atoms with Crippen LogP contribution in [0.3, 0.4) is 0 Å². The number of rotatable bonds is 5. The molecule has 10 heavy (non-hydrogen) atoms. The van der Waals surface area contributed by atoms with E-state index in [2.05, 4.69) is 5.73 Å². The lowest BCUT2D eigenvalue weighted by atomic mass is 10.0. The average Bonchev–Trinajstić information content (AvgIpc) is 1.86. The number of amides is 1. The summed E-state index contributed by atoms with van der Waals surface area (Å²) < 4.78 is 0. The van der Waals surface area contributed by atoms with Crippen molar-refractivity contribution in [2.24, 2.45) is 5.92 Å². The van der Waals surface area contributed by atoms with Crippen molar-refractivity contribution in [1.29, 1.82) is 0 Å². The Kier molecular flexibility index (Phi) is 5.16. The largest absolute Gasteiger partial charge is 0.396 e. The third-order valence-corrected chi connectivity index (χ3v) is 1.47. The molecular weight excluding hydrogens is 130 g/mol. The van der Waals surface area contributed by atoms with Crippen LogP contribution < -0.4 is 5.73 Å². The number of carbonyl (C=O) groups is 1. The number of carbonyl (C=O) groups excluding carboxylic acids is 1. The molecule has 3 nitrogen and oxygen atoms in total. The Hall–Kier alpha value is -0.410. The van der Waals surface area contributed by atoms with E-state index in [1.54, 1.807) is 0 Å². The SMILES string of the molecule is CCCC(CO)CC([NH3+])=O. The van der Waals surface area contributed by atoms with Gasteiger partial charge in [-0.2, -0.15) is 0 Å². The van der Waals surface area contributed by atoms with Crippen molar-refractivity contribution in [3.63, 3.8) is 0 Å². The van der Waals surface area contributed by atoms with Gasteiger partial charge in [-0.25, -0.2) is 4.79 Å². The van der Waals surface area contributed by atoms with Crippen LogP contribution in [0.15, 0.2) is 0 Å². The normalized spacial score (nSPS) is 13.1. The van der Waals surface area contributed by atoms with Gasteiger partial charge in [0.25, 0.3) is 0 Å². The van der Waals surface area contributed by atoms with Gasteiger partial charge in [0.1, 0.15) is 0 Å². The Morgan fingerprint density at radius 1 is 1.70 bits per heavy atom. The molecule has 0 aromatic carbocycles. The minimum atomic E-state index is -0.0764. The smallest absolute Gasteiger partial charge is 0.309 e. The molecule has 60 valence electrons. The monoisotopic (exact) mass is 146 g/mol. The summed E-state index contributed by atoms with van der Waals surface area (Å²) in [5.41, 5.74) is 3.26. The van der Waals surface area contributed by atoms with Crippen molar-refractivity contribution < 1.29 is 15.6 Å². The second-order valence-corrected chi connectivity index (χ2v) is 2.58. The van der Waals surface area contributed by atoms with Crippen LogP contribution >= 0.6 is 0 Å². The van der Waals surface area contributed by atoms with Gasteiger partial charge in [0.15, 0.2) is 0 Å². The minimum Gasteiger partial charge on any atom is -0.396 e. The first-order chi connectivity index (χ1) is 4.70. The van der Waals surface area contributed by atoms with Crippen molar-refractivity contribution in [3.05, 3.63) is 0 Å². The molecule has 0 aliphatic rings. The summed E-state index contributed by atoms with van der Waals surface area (Å²) in [6.45, 7) is 2.14. The van der Waals surface area contributed by atoms with E-state index in [0.29, 0.717) is 6.42 Å². The van der Waals surface area contributed by atoms with E-state index in [1.165, 1.54) is 0 Å². The molecule has 0 rings (SSSR count). The lowest BCUT2D eigenvalue weighted by Crippen LogP contribution is -2.57. The van der Waals surface area contributed by atoms with E-state index in [9.17, 15) is 4.79 Å². The summed E-state index contributed by atoms with van der Waals surface area (Å²) in [6.07, 6.45) is 2.35. The molecule has 1 atom stereocenters. The fourth-order valence-corrected chi connectivity index (χ4v) is 0.988. The minimum absolute atomic E-state index is 0.0764. The summed E-state index contributed by atoms with van der Waals surface area (Å²) >= 11 is 0. The molecule has 0 bridgehead atoms. The van der Waals surface area contributed by atoms with Gasteiger partial charge in [0, 0.05) is 6.61 Å². The number of hydrogen-bond donors (Lipinski definition) is 2. The van der Waals surface area contributed by atoms with Crippen molar-refractivity contribution >= 4 is 5.91 Å². The van der Waals surface area contributed by atoms with E-state index in [-0.39, 0.29) is 18.4 Å². The van der Waals surface area contributed by atoms with Crippen LogP contribution in [0.25, 0.3) is 0 Å². The highest BCUT2D eigenvalue weighted by Gasteiger charge is 2.10. The van der Waals surface area contributed by atoms with Gasteiger partial charge in [0.05, 0.1) is 6.42 Å². The van der Waals surface area contributed by atoms with E-state index >= 15 is 0 Å². The molecule has 0 saturated heterocycles. The molecule has 3 heteroatoms. The number of aliphatic hydroxyl groups is 1. The van der Waals surface area contributed by atoms with Crippen LogP contribution in [0, 0.1) is 5.92 Å². The molecule has 4 N–H and O–H groups in total. The molecule has 0 fully saturated rings. The van der Waals surface area contributed by atoms with E-state index in [4.69, 9.17) is 5.11 Å². The van der Waals surface area contributed by atoms with Gasteiger partial charge in [-0.15, -0.1) is 0 Å². The molecule has 0 heterocycles. The van der Waals surface area contributed by atoms with Crippen molar-refractivity contribution in [3.8, 4) is 0 Å². The second-order valence-electron chi connectivity index (χ2n) is 2.58. The molecule has 0 aromatic rings. The van der Waals surface area contributed by atoms with Crippen LogP contribution in [0.1, 0.15) is 26.2 Å². The highest BCUT2D eigenvalue weighted by molar-refractivity contribution is 5.64. The molecule has 0 radical (unpaired) electrons. The van der Waals surface area contributed by atoms with Gasteiger partial charge in [0.2, 0.25) is 0 Å². The zero-order valence-electron chi connectivity index (χ0n) is 6.47. The average molecular weight is 146 g/mol. The van der Waals surface area contributed by atoms with Crippen LogP contribution in [0.4, 0.5) is 0 Å². The van der Waals surface area contributed by atoms with Crippen LogP contribution in [0.5, 0.6) is 0 Å². The van der Waals surface area contributed by atoms with E-state index in [0.717, 1.165) is 12.8 Å². The fourth-order valence-electron chi connectivity index (χ4n) is 0.988. The summed E-state index contributed by atoms with van der Waals surface area (Å²) in [4.78, 5) is 10.5. The van der Waals surface area contributed by atoms with Gasteiger partial charge in [-0.1, -0.05) is 13.3 Å². The predicted molar refractivity (Wildman–Crippen MR) is 38.0 cm³/mol. The zero-order valence-corrected chi connectivity index (χ0v) is 6.47. The topological polar surface area (TPSA) is 64.9 Å². The zero-order chi connectivity index (χ0) is 7.98. The van der Waals surface area contributed by atoms with Crippen molar-refractivity contribution in [1.82, 2.24) is 0 Å². The summed E-state index contributed by atoms with van der Waals surface area (Å²) in [6, 6.07) is 0. The van der Waals surface area contributed by atoms with Crippen molar-refractivity contribution in [2.45, 2.75) is 26.2 Å². The van der Waals surface area contributed by atoms with Gasteiger partial charge in [-0.3, -0.25) is 5.73 Å². The van der Waals surface area contributed by atoms with Crippen LogP contribution in [-0.2, 0) is 4.79 Å². The first-order valence-electron chi connectivity index (χ1n) is 3.66. The maximum Gasteiger partial charge on any atom is 0.309 e. The third kappa shape index (κ3) is 4.47. The fraction of sp³-hybridized carbons (Fsp3) is 0.857. The summed E-state index contributed by atoms with van der Waals surface area (Å²) in [5.74, 6) is 0.0579. The highest BCUT2D eigenvalue weighted by Crippen LogP contribution is 2.08. The molecule has 0 aromatic heterocycles. The van der Waals surface area contributed by atoms with E-state index < -0.39 is 0 Å². The van der Waals surface area contributed by atoms with Gasteiger partial charge < -0.3 is 5.11 Å². The maximum atomic E-state index is 10.5. The molecule has 1 amide bonds. The van der Waals surface area contributed by atoms with Gasteiger partial charge in [-0.05, 0) is 12.3 Å². The van der Waals surface area contributed by atoms with Crippen molar-refractivity contribution in [2.75, 3.05) is 6.61 Å². The molecule has 0 saturated carbocycles. The lowest BCUT2D eigenvalue weighted by Gasteiger charge is -2.07. The standard InChI is InChI=1S/C7H15NO2/c1-2-3-6(5-9)4-7(8)10/h6,9H,2-5H2,1H3,(H2,8,10)/p+1. The summed E-state index contributed by atoms with van der Waals surface area (Å²) in [7, 11) is 0. The number of aliphatic hydroxyl groups excluding tert-OH is 1. The first-order valence-corrected chi connectivity index (χ1v) is 3.66. The Balaban J connectivity index is 3.49. The predicted octanol–water partition coefficient (Wildman–Crippen LogP) is -0.446. The second kappa shape index (κ2) is 5.38. The first kappa shape index (κ1) is 9.59. The molecule has 1 unspecified atom stereocenters. The van der Waals surface area contributed by atoms with Gasteiger partial charge >= 0.3 is 5.91 Å². The van der Waals surface area contributed by atoms with Crippen LogP contribution in [-0.4, -0.2) is 17.6 Å². The third-order valence-electron chi connectivity index (χ3n) is 1.47. The maximum absolute atomic E-state index is 10.5. The number of quaternary nitrogens is 1.